The molecule has 2 aromatic carbocycles. The number of likely N-dealkylation sites (tertiary alicyclic amines) is 1. The maximum absolute atomic E-state index is 8.96. The molecule has 4 aromatic rings. The first kappa shape index (κ1) is 22.1. The molecule has 0 spiro atoms. The van der Waals surface area contributed by atoms with Gasteiger partial charge in [0.1, 0.15) is 11.5 Å². The van der Waals surface area contributed by atoms with Crippen molar-refractivity contribution in [2.24, 2.45) is 5.92 Å². The van der Waals surface area contributed by atoms with Crippen molar-refractivity contribution >= 4 is 11.0 Å². The summed E-state index contributed by atoms with van der Waals surface area (Å²) >= 11 is 0. The maximum atomic E-state index is 8.96. The van der Waals surface area contributed by atoms with E-state index in [9.17, 15) is 0 Å². The first-order valence-electron chi connectivity index (χ1n) is 11.9. The number of ether oxygens (including phenoxy) is 1. The van der Waals surface area contributed by atoms with Crippen LogP contribution in [0.3, 0.4) is 0 Å². The van der Waals surface area contributed by atoms with E-state index in [4.69, 9.17) is 14.5 Å². The number of fused-ring (bicyclic) bond motifs is 1. The Balaban J connectivity index is 1.18. The summed E-state index contributed by atoms with van der Waals surface area (Å²) < 4.78 is 11.8. The Morgan fingerprint density at radius 2 is 1.91 bits per heavy atom. The van der Waals surface area contributed by atoms with Crippen LogP contribution in [0, 0.1) is 24.2 Å². The van der Waals surface area contributed by atoms with E-state index in [2.05, 4.69) is 33.2 Å². The zero-order chi connectivity index (χ0) is 23.3. The Bertz CT molecular complexity index is 1280. The molecule has 3 heterocycles. The highest BCUT2D eigenvalue weighted by molar-refractivity contribution is 5.84. The first-order valence-corrected chi connectivity index (χ1v) is 11.9. The van der Waals surface area contributed by atoms with Gasteiger partial charge in [-0.2, -0.15) is 5.26 Å². The van der Waals surface area contributed by atoms with E-state index < -0.39 is 0 Å². The number of piperidine rings is 1. The monoisotopic (exact) mass is 452 g/mol. The fourth-order valence-corrected chi connectivity index (χ4v) is 4.68. The molecular weight excluding hydrogens is 424 g/mol. The van der Waals surface area contributed by atoms with Gasteiger partial charge in [0.25, 0.3) is 0 Å². The van der Waals surface area contributed by atoms with Gasteiger partial charge in [0.15, 0.2) is 5.58 Å². The van der Waals surface area contributed by atoms with Gasteiger partial charge in [0, 0.05) is 23.7 Å². The number of nitriles is 1. The molecule has 6 heteroatoms. The topological polar surface area (TPSA) is 75.2 Å². The van der Waals surface area contributed by atoms with Gasteiger partial charge in [-0.25, -0.2) is 0 Å². The molecule has 1 aliphatic rings. The van der Waals surface area contributed by atoms with E-state index in [-0.39, 0.29) is 0 Å². The lowest BCUT2D eigenvalue weighted by Crippen LogP contribution is -2.33. The third kappa shape index (κ3) is 4.95. The summed E-state index contributed by atoms with van der Waals surface area (Å²) in [5.74, 6) is 2.14. The number of aromatic nitrogens is 2. The third-order valence-corrected chi connectivity index (χ3v) is 6.73. The van der Waals surface area contributed by atoms with Crippen molar-refractivity contribution < 1.29 is 9.26 Å². The van der Waals surface area contributed by atoms with Crippen molar-refractivity contribution in [2.75, 3.05) is 13.1 Å². The molecule has 1 aliphatic heterocycles. The van der Waals surface area contributed by atoms with Gasteiger partial charge in [0.05, 0.1) is 23.0 Å². The Morgan fingerprint density at radius 3 is 2.65 bits per heavy atom. The van der Waals surface area contributed by atoms with Crippen molar-refractivity contribution in [2.45, 2.75) is 39.2 Å². The fourth-order valence-electron chi connectivity index (χ4n) is 4.68. The van der Waals surface area contributed by atoms with Crippen LogP contribution in [0.15, 0.2) is 65.3 Å². The molecule has 0 saturated carbocycles. The predicted octanol–water partition coefficient (Wildman–Crippen LogP) is 6.04. The molecule has 0 aliphatic carbocycles. The zero-order valence-electron chi connectivity index (χ0n) is 19.4. The average Bonchev–Trinajstić information content (AvgIpc) is 3.30. The van der Waals surface area contributed by atoms with Crippen LogP contribution in [0.25, 0.3) is 11.0 Å². The Morgan fingerprint density at radius 1 is 1.09 bits per heavy atom. The van der Waals surface area contributed by atoms with Gasteiger partial charge >= 0.3 is 0 Å². The van der Waals surface area contributed by atoms with E-state index in [0.717, 1.165) is 66.1 Å². The summed E-state index contributed by atoms with van der Waals surface area (Å²) in [6.45, 7) is 5.17. The van der Waals surface area contributed by atoms with Crippen molar-refractivity contribution in [3.63, 3.8) is 0 Å². The Hall–Kier alpha value is -3.69. The predicted molar refractivity (Wildman–Crippen MR) is 131 cm³/mol. The van der Waals surface area contributed by atoms with Crippen molar-refractivity contribution in [1.29, 1.82) is 5.26 Å². The van der Waals surface area contributed by atoms with E-state index in [0.29, 0.717) is 17.2 Å². The Kier molecular flexibility index (Phi) is 6.55. The largest absolute Gasteiger partial charge is 0.457 e. The van der Waals surface area contributed by atoms with Crippen LogP contribution in [0.5, 0.6) is 11.5 Å². The minimum Gasteiger partial charge on any atom is -0.457 e. The highest BCUT2D eigenvalue weighted by atomic mass is 16.5. The molecule has 6 nitrogen and oxygen atoms in total. The minimum absolute atomic E-state index is 0.610. The van der Waals surface area contributed by atoms with Gasteiger partial charge in [-0.05, 0) is 100 Å². The van der Waals surface area contributed by atoms with Gasteiger partial charge < -0.3 is 9.26 Å². The van der Waals surface area contributed by atoms with Crippen molar-refractivity contribution in [1.82, 2.24) is 15.0 Å². The molecule has 0 radical (unpaired) electrons. The van der Waals surface area contributed by atoms with Gasteiger partial charge in [-0.15, -0.1) is 0 Å². The molecule has 2 aromatic heterocycles. The molecule has 0 atom stereocenters. The SMILES string of the molecule is Cc1c(Oc2ccc(C#N)cc2)ccc2c(CCC3CCN(Cc4ccccn4)CC3)noc12. The van der Waals surface area contributed by atoms with Crippen molar-refractivity contribution in [3.05, 3.63) is 83.3 Å². The summed E-state index contributed by atoms with van der Waals surface area (Å²) in [4.78, 5) is 6.96. The summed E-state index contributed by atoms with van der Waals surface area (Å²) in [5.41, 5.74) is 4.50. The lowest BCUT2D eigenvalue weighted by atomic mass is 9.91. The molecule has 0 bridgehead atoms. The van der Waals surface area contributed by atoms with E-state index in [1.807, 2.05) is 31.3 Å². The molecule has 0 amide bonds. The van der Waals surface area contributed by atoms with Gasteiger partial charge in [-0.3, -0.25) is 9.88 Å². The van der Waals surface area contributed by atoms with Crippen LogP contribution in [0.1, 0.15) is 41.8 Å². The summed E-state index contributed by atoms with van der Waals surface area (Å²) in [7, 11) is 0. The maximum Gasteiger partial charge on any atom is 0.173 e. The van der Waals surface area contributed by atoms with Crippen molar-refractivity contribution in [3.8, 4) is 17.6 Å². The van der Waals surface area contributed by atoms with E-state index >= 15 is 0 Å². The second-order valence-electron chi connectivity index (χ2n) is 9.01. The van der Waals surface area contributed by atoms with Crippen LogP contribution in [0.2, 0.25) is 0 Å². The molecule has 5 rings (SSSR count). The number of rotatable bonds is 7. The van der Waals surface area contributed by atoms with Crippen LogP contribution in [-0.4, -0.2) is 28.1 Å². The van der Waals surface area contributed by atoms with Crippen LogP contribution < -0.4 is 4.74 Å². The van der Waals surface area contributed by atoms with Crippen LogP contribution in [-0.2, 0) is 13.0 Å². The summed E-state index contributed by atoms with van der Waals surface area (Å²) in [5, 5.41) is 14.4. The molecule has 34 heavy (non-hydrogen) atoms. The average molecular weight is 453 g/mol. The van der Waals surface area contributed by atoms with E-state index in [1.165, 1.54) is 12.8 Å². The highest BCUT2D eigenvalue weighted by Crippen LogP contribution is 2.33. The normalized spacial score (nSPS) is 14.8. The van der Waals surface area contributed by atoms with Gasteiger partial charge in [-0.1, -0.05) is 11.2 Å². The highest BCUT2D eigenvalue weighted by Gasteiger charge is 2.21. The third-order valence-electron chi connectivity index (χ3n) is 6.73. The Labute approximate surface area is 199 Å². The standard InChI is InChI=1S/C28H28N4O2/c1-20-27(33-24-8-5-22(18-29)6-9-24)12-10-25-26(31-34-28(20)25)11-7-21-13-16-32(17-14-21)19-23-4-2-3-15-30-23/h2-6,8-10,12,15,21H,7,11,13-14,16-17,19H2,1H3. The minimum atomic E-state index is 0.610. The second kappa shape index (κ2) is 10.1. The summed E-state index contributed by atoms with van der Waals surface area (Å²) in [6.07, 6.45) is 6.34. The number of benzene rings is 2. The van der Waals surface area contributed by atoms with E-state index in [1.54, 1.807) is 24.3 Å². The second-order valence-corrected chi connectivity index (χ2v) is 9.01. The lowest BCUT2D eigenvalue weighted by molar-refractivity contribution is 0.170. The number of hydrogen-bond donors (Lipinski definition) is 0. The number of pyridine rings is 1. The number of hydrogen-bond acceptors (Lipinski definition) is 6. The van der Waals surface area contributed by atoms with Crippen LogP contribution >= 0.6 is 0 Å². The van der Waals surface area contributed by atoms with Gasteiger partial charge in [0.2, 0.25) is 0 Å². The fraction of sp³-hybridized carbons (Fsp3) is 0.321. The zero-order valence-corrected chi connectivity index (χ0v) is 19.4. The quantitative estimate of drug-likeness (QED) is 0.340. The first-order chi connectivity index (χ1) is 16.7. The molecule has 0 N–H and O–H groups in total. The molecule has 1 saturated heterocycles. The smallest absolute Gasteiger partial charge is 0.173 e. The number of nitrogens with zero attached hydrogens (tertiary/aromatic N) is 4. The van der Waals surface area contributed by atoms with Crippen LogP contribution in [0.4, 0.5) is 0 Å². The summed E-state index contributed by atoms with van der Waals surface area (Å²) in [6, 6.07) is 19.4. The molecule has 0 unspecified atom stereocenters. The molecule has 172 valence electrons. The number of aryl methyl sites for hydroxylation is 2. The lowest BCUT2D eigenvalue weighted by Gasteiger charge is -2.31. The molecule has 1 fully saturated rings. The molecular formula is C28H28N4O2.